The first-order valence-corrected chi connectivity index (χ1v) is 10.0. The van der Waals surface area contributed by atoms with Gasteiger partial charge in [-0.25, -0.2) is 8.42 Å². The second kappa shape index (κ2) is 8.61. The molecule has 1 rings (SSSR count). The van der Waals surface area contributed by atoms with Crippen molar-refractivity contribution in [2.24, 2.45) is 16.8 Å². The van der Waals surface area contributed by atoms with Gasteiger partial charge in [-0.1, -0.05) is 19.8 Å². The van der Waals surface area contributed by atoms with Crippen LogP contribution in [0.3, 0.4) is 0 Å². The van der Waals surface area contributed by atoms with Gasteiger partial charge < -0.3 is 10.2 Å². The van der Waals surface area contributed by atoms with E-state index >= 15 is 0 Å². The lowest BCUT2D eigenvalue weighted by Crippen LogP contribution is -2.42. The predicted molar refractivity (Wildman–Crippen MR) is 89.4 cm³/mol. The van der Waals surface area contributed by atoms with Gasteiger partial charge in [-0.15, -0.1) is 0 Å². The Morgan fingerprint density at radius 1 is 1.29 bits per heavy atom. The molecule has 1 fully saturated rings. The van der Waals surface area contributed by atoms with Crippen LogP contribution < -0.4 is 5.32 Å². The molecule has 5 nitrogen and oxygen atoms in total. The molecule has 21 heavy (non-hydrogen) atoms. The number of hydrogen-bond donors (Lipinski definition) is 1. The second-order valence-electron chi connectivity index (χ2n) is 6.37. The van der Waals surface area contributed by atoms with Crippen molar-refractivity contribution in [1.29, 1.82) is 0 Å². The Bertz CT molecular complexity index is 426. The molecule has 0 aliphatic heterocycles. The second-order valence-corrected chi connectivity index (χ2v) is 8.63. The Hall–Kier alpha value is -0.780. The molecule has 1 N–H and O–H groups in total. The molecule has 0 aromatic carbocycles. The first kappa shape index (κ1) is 18.3. The van der Waals surface area contributed by atoms with E-state index in [0.29, 0.717) is 6.54 Å². The minimum atomic E-state index is -2.95. The van der Waals surface area contributed by atoms with Crippen molar-refractivity contribution >= 4 is 15.8 Å². The van der Waals surface area contributed by atoms with Crippen LogP contribution in [-0.2, 0) is 9.84 Å². The van der Waals surface area contributed by atoms with Crippen LogP contribution in [0, 0.1) is 11.8 Å². The maximum absolute atomic E-state index is 11.2. The van der Waals surface area contributed by atoms with Crippen molar-refractivity contribution in [3.63, 3.8) is 0 Å². The molecule has 0 unspecified atom stereocenters. The Labute approximate surface area is 130 Å². The largest absolute Gasteiger partial charge is 0.357 e. The van der Waals surface area contributed by atoms with E-state index in [0.717, 1.165) is 30.9 Å². The molecule has 0 bridgehead atoms. The molecule has 1 aliphatic carbocycles. The van der Waals surface area contributed by atoms with Crippen LogP contribution >= 0.6 is 0 Å². The zero-order valence-corrected chi connectivity index (χ0v) is 14.7. The number of hydrogen-bond acceptors (Lipinski definition) is 3. The minimum Gasteiger partial charge on any atom is -0.357 e. The molecule has 0 aromatic rings. The van der Waals surface area contributed by atoms with Crippen molar-refractivity contribution in [3.8, 4) is 0 Å². The third-order valence-electron chi connectivity index (χ3n) is 4.09. The smallest absolute Gasteiger partial charge is 0.193 e. The first-order valence-electron chi connectivity index (χ1n) is 7.99. The number of guanidine groups is 1. The average Bonchev–Trinajstić information content (AvgIpc) is 2.39. The zero-order valence-electron chi connectivity index (χ0n) is 13.9. The summed E-state index contributed by atoms with van der Waals surface area (Å²) in [7, 11) is -0.906. The van der Waals surface area contributed by atoms with Gasteiger partial charge >= 0.3 is 0 Å². The summed E-state index contributed by atoms with van der Waals surface area (Å²) in [5.41, 5.74) is 0. The summed E-state index contributed by atoms with van der Waals surface area (Å²) in [4.78, 5) is 6.58. The fourth-order valence-corrected chi connectivity index (χ4v) is 3.20. The highest BCUT2D eigenvalue weighted by atomic mass is 32.2. The van der Waals surface area contributed by atoms with Gasteiger partial charge in [-0.3, -0.25) is 4.99 Å². The van der Waals surface area contributed by atoms with Crippen molar-refractivity contribution < 1.29 is 8.42 Å². The first-order chi connectivity index (χ1) is 9.81. The van der Waals surface area contributed by atoms with Crippen LogP contribution in [0.15, 0.2) is 4.99 Å². The quantitative estimate of drug-likeness (QED) is 0.599. The van der Waals surface area contributed by atoms with Gasteiger partial charge in [0.1, 0.15) is 9.84 Å². The van der Waals surface area contributed by atoms with Crippen LogP contribution in [0.5, 0.6) is 0 Å². The molecule has 0 aromatic heterocycles. The Kier molecular flexibility index (Phi) is 7.49. The Balaban J connectivity index is 2.51. The van der Waals surface area contributed by atoms with E-state index in [-0.39, 0.29) is 5.75 Å². The van der Waals surface area contributed by atoms with E-state index in [4.69, 9.17) is 0 Å². The average molecular weight is 317 g/mol. The normalized spacial score (nSPS) is 23.9. The lowest BCUT2D eigenvalue weighted by molar-refractivity contribution is 0.250. The van der Waals surface area contributed by atoms with Crippen molar-refractivity contribution in [3.05, 3.63) is 0 Å². The van der Waals surface area contributed by atoms with Crippen LogP contribution in [0.4, 0.5) is 0 Å². The molecule has 6 heteroatoms. The highest BCUT2D eigenvalue weighted by Gasteiger charge is 2.20. The van der Waals surface area contributed by atoms with E-state index < -0.39 is 9.84 Å². The number of sulfone groups is 1. The van der Waals surface area contributed by atoms with Crippen molar-refractivity contribution in [2.45, 2.75) is 39.5 Å². The molecule has 0 atom stereocenters. The molecular weight excluding hydrogens is 286 g/mol. The maximum Gasteiger partial charge on any atom is 0.193 e. The summed E-state index contributed by atoms with van der Waals surface area (Å²) in [6, 6.07) is 0. The van der Waals surface area contributed by atoms with Gasteiger partial charge in [0.05, 0.1) is 12.3 Å². The molecule has 0 heterocycles. The van der Waals surface area contributed by atoms with Crippen molar-refractivity contribution in [1.82, 2.24) is 10.2 Å². The molecule has 0 spiro atoms. The maximum atomic E-state index is 11.2. The number of rotatable bonds is 6. The monoisotopic (exact) mass is 317 g/mol. The summed E-state index contributed by atoms with van der Waals surface area (Å²) in [5, 5.41) is 3.25. The van der Waals surface area contributed by atoms with Gasteiger partial charge in [-0.2, -0.15) is 0 Å². The molecule has 1 aliphatic rings. The summed E-state index contributed by atoms with van der Waals surface area (Å²) < 4.78 is 22.4. The van der Waals surface area contributed by atoms with Gasteiger partial charge in [0, 0.05) is 26.4 Å². The molecule has 0 radical (unpaired) electrons. The summed E-state index contributed by atoms with van der Waals surface area (Å²) in [6.45, 7) is 6.48. The van der Waals surface area contributed by atoms with Crippen LogP contribution in [0.25, 0.3) is 0 Å². The van der Waals surface area contributed by atoms with Crippen molar-refractivity contribution in [2.75, 3.05) is 38.7 Å². The standard InChI is InChI=1S/C15H31N3O2S/c1-5-16-15(17-10-11-21(4,19)20)18(3)12-14-8-6-13(2)7-9-14/h13-14H,5-12H2,1-4H3,(H,16,17). The predicted octanol–water partition coefficient (Wildman–Crippen LogP) is 1.75. The third kappa shape index (κ3) is 7.69. The summed E-state index contributed by atoms with van der Waals surface area (Å²) >= 11 is 0. The molecule has 124 valence electrons. The highest BCUT2D eigenvalue weighted by Crippen LogP contribution is 2.28. The fraction of sp³-hybridized carbons (Fsp3) is 0.933. The number of nitrogens with zero attached hydrogens (tertiary/aromatic N) is 2. The van der Waals surface area contributed by atoms with E-state index in [9.17, 15) is 8.42 Å². The van der Waals surface area contributed by atoms with E-state index in [1.165, 1.54) is 31.9 Å². The summed E-state index contributed by atoms with van der Waals surface area (Å²) in [5.74, 6) is 2.52. The van der Waals surface area contributed by atoms with E-state index in [2.05, 4.69) is 22.1 Å². The SMILES string of the molecule is CCNC(=NCCS(C)(=O)=O)N(C)CC1CCC(C)CC1. The molecular formula is C15H31N3O2S. The number of nitrogens with one attached hydrogen (secondary N) is 1. The Morgan fingerprint density at radius 2 is 1.90 bits per heavy atom. The molecule has 1 saturated carbocycles. The summed E-state index contributed by atoms with van der Waals surface area (Å²) in [6.07, 6.45) is 6.46. The fourth-order valence-electron chi connectivity index (χ4n) is 2.77. The van der Waals surface area contributed by atoms with Gasteiger partial charge in [0.15, 0.2) is 5.96 Å². The van der Waals surface area contributed by atoms with Gasteiger partial charge in [0.2, 0.25) is 0 Å². The van der Waals surface area contributed by atoms with Crippen LogP contribution in [0.1, 0.15) is 39.5 Å². The number of aliphatic imine (C=N–C) groups is 1. The molecule has 0 amide bonds. The van der Waals surface area contributed by atoms with Gasteiger partial charge in [-0.05, 0) is 31.6 Å². The highest BCUT2D eigenvalue weighted by molar-refractivity contribution is 7.90. The molecule has 0 saturated heterocycles. The van der Waals surface area contributed by atoms with E-state index in [1.807, 2.05) is 14.0 Å². The van der Waals surface area contributed by atoms with E-state index in [1.54, 1.807) is 0 Å². The lowest BCUT2D eigenvalue weighted by Gasteiger charge is -2.31. The minimum absolute atomic E-state index is 0.108. The lowest BCUT2D eigenvalue weighted by atomic mass is 9.83. The van der Waals surface area contributed by atoms with Crippen LogP contribution in [-0.4, -0.2) is 58.0 Å². The topological polar surface area (TPSA) is 61.8 Å². The van der Waals surface area contributed by atoms with Crippen LogP contribution in [0.2, 0.25) is 0 Å². The van der Waals surface area contributed by atoms with Gasteiger partial charge in [0.25, 0.3) is 0 Å². The zero-order chi connectivity index (χ0) is 15.9. The Morgan fingerprint density at radius 3 is 2.43 bits per heavy atom. The third-order valence-corrected chi connectivity index (χ3v) is 5.01.